The van der Waals surface area contributed by atoms with Crippen molar-refractivity contribution < 1.29 is 88.5 Å². The number of ketones is 2. The van der Waals surface area contributed by atoms with Crippen molar-refractivity contribution in [2.45, 2.75) is 31.7 Å². The largest absolute Gasteiger partial charge is 1.00 e. The summed E-state index contributed by atoms with van der Waals surface area (Å²) in [5, 5.41) is 20.1. The molecule has 0 aromatic heterocycles. The van der Waals surface area contributed by atoms with Gasteiger partial charge in [0.25, 0.3) is 0 Å². The van der Waals surface area contributed by atoms with Gasteiger partial charge in [-0.3, -0.25) is 9.59 Å². The second-order valence-corrected chi connectivity index (χ2v) is 3.25. The molecule has 0 unspecified atom stereocenters. The Kier molecular flexibility index (Phi) is 15.9. The second kappa shape index (κ2) is 12.3. The molecule has 0 saturated heterocycles. The monoisotopic (exact) mass is 275 g/mol. The summed E-state index contributed by atoms with van der Waals surface area (Å²) < 4.78 is 0. The SMILES string of the molecule is N[C@@H](CCC(=O)CC(=O)[O-])C(=O)CC(=O)[O-].[Na+].[Na+]. The number of aliphatic carboxylic acids is 2. The van der Waals surface area contributed by atoms with E-state index in [-0.39, 0.29) is 72.0 Å². The molecule has 1 atom stereocenters. The van der Waals surface area contributed by atoms with Crippen molar-refractivity contribution in [2.24, 2.45) is 5.73 Å². The fourth-order valence-electron chi connectivity index (χ4n) is 1.00. The molecule has 90 valence electrons. The Hall–Kier alpha value is 0.240. The van der Waals surface area contributed by atoms with Crippen LogP contribution in [0.15, 0.2) is 0 Å². The smallest absolute Gasteiger partial charge is 0.550 e. The maximum atomic E-state index is 11.0. The molecular formula is C9H11NNa2O6. The number of carboxylic acids is 2. The molecule has 0 radical (unpaired) electrons. The third kappa shape index (κ3) is 12.7. The van der Waals surface area contributed by atoms with Gasteiger partial charge in [-0.05, 0) is 6.42 Å². The molecule has 0 spiro atoms. The van der Waals surface area contributed by atoms with Crippen molar-refractivity contribution in [3.05, 3.63) is 0 Å². The summed E-state index contributed by atoms with van der Waals surface area (Å²) in [6.07, 6.45) is -1.83. The molecule has 0 aliphatic rings. The average molecular weight is 275 g/mol. The van der Waals surface area contributed by atoms with Crippen LogP contribution in [0.5, 0.6) is 0 Å². The summed E-state index contributed by atoms with van der Waals surface area (Å²) in [6, 6.07) is -1.09. The molecule has 0 aromatic rings. The van der Waals surface area contributed by atoms with Crippen LogP contribution in [-0.4, -0.2) is 29.5 Å². The molecule has 0 fully saturated rings. The Balaban J connectivity index is -0.00000112. The first kappa shape index (κ1) is 23.3. The minimum Gasteiger partial charge on any atom is -0.550 e. The van der Waals surface area contributed by atoms with Gasteiger partial charge < -0.3 is 25.5 Å². The molecule has 0 bridgehead atoms. The van der Waals surface area contributed by atoms with E-state index >= 15 is 0 Å². The number of carbonyl (C=O) groups is 4. The average Bonchev–Trinajstić information content (AvgIpc) is 2.11. The normalized spacial score (nSPS) is 10.5. The van der Waals surface area contributed by atoms with Crippen LogP contribution in [0, 0.1) is 0 Å². The molecule has 2 N–H and O–H groups in total. The Morgan fingerprint density at radius 1 is 0.944 bits per heavy atom. The zero-order valence-electron chi connectivity index (χ0n) is 10.4. The van der Waals surface area contributed by atoms with Gasteiger partial charge in [-0.15, -0.1) is 0 Å². The molecule has 0 aromatic carbocycles. The number of hydrogen-bond donors (Lipinski definition) is 1. The molecule has 0 saturated carbocycles. The van der Waals surface area contributed by atoms with Gasteiger partial charge in [0.05, 0.1) is 6.04 Å². The van der Waals surface area contributed by atoms with E-state index in [9.17, 15) is 29.4 Å². The minimum absolute atomic E-state index is 0. The van der Waals surface area contributed by atoms with Crippen LogP contribution in [0.3, 0.4) is 0 Å². The maximum Gasteiger partial charge on any atom is 1.00 e. The quantitative estimate of drug-likeness (QED) is 0.342. The standard InChI is InChI=1S/C9H13NO6.2Na/c10-6(7(12)4-9(15)16)2-1-5(11)3-8(13)14;;/h6H,1-4,10H2,(H,13,14)(H,15,16);;/q;2*+1/p-2/t6-;;/m0../s1. The molecule has 0 amide bonds. The second-order valence-electron chi connectivity index (χ2n) is 3.25. The Morgan fingerprint density at radius 3 is 1.78 bits per heavy atom. The Morgan fingerprint density at radius 2 is 1.39 bits per heavy atom. The van der Waals surface area contributed by atoms with E-state index < -0.39 is 42.4 Å². The van der Waals surface area contributed by atoms with Gasteiger partial charge in [0.15, 0.2) is 5.78 Å². The number of rotatable bonds is 8. The fraction of sp³-hybridized carbons (Fsp3) is 0.556. The minimum atomic E-state index is -1.54. The Bertz CT molecular complexity index is 320. The van der Waals surface area contributed by atoms with Gasteiger partial charge in [0, 0.05) is 31.2 Å². The van der Waals surface area contributed by atoms with E-state index in [1.54, 1.807) is 0 Å². The van der Waals surface area contributed by atoms with Gasteiger partial charge in [0.1, 0.15) is 5.78 Å². The van der Waals surface area contributed by atoms with E-state index in [4.69, 9.17) is 5.73 Å². The topological polar surface area (TPSA) is 140 Å². The van der Waals surface area contributed by atoms with Crippen LogP contribution < -0.4 is 75.1 Å². The van der Waals surface area contributed by atoms with E-state index in [0.717, 1.165) is 0 Å². The van der Waals surface area contributed by atoms with Gasteiger partial charge >= 0.3 is 59.1 Å². The molecule has 0 aliphatic heterocycles. The first-order valence-corrected chi connectivity index (χ1v) is 4.52. The predicted octanol–water partition coefficient (Wildman–Crippen LogP) is -9.48. The molecule has 0 rings (SSSR count). The number of nitrogens with two attached hydrogens (primary N) is 1. The third-order valence-electron chi connectivity index (χ3n) is 1.81. The van der Waals surface area contributed by atoms with Gasteiger partial charge in [-0.1, -0.05) is 0 Å². The van der Waals surface area contributed by atoms with E-state index in [0.29, 0.717) is 0 Å². The van der Waals surface area contributed by atoms with Crippen LogP contribution in [0.2, 0.25) is 0 Å². The number of hydrogen-bond acceptors (Lipinski definition) is 7. The van der Waals surface area contributed by atoms with Crippen LogP contribution >= 0.6 is 0 Å². The van der Waals surface area contributed by atoms with Crippen LogP contribution in [-0.2, 0) is 19.2 Å². The molecule has 9 heteroatoms. The van der Waals surface area contributed by atoms with Crippen LogP contribution in [0.4, 0.5) is 0 Å². The zero-order valence-corrected chi connectivity index (χ0v) is 14.4. The van der Waals surface area contributed by atoms with Crippen molar-refractivity contribution in [3.63, 3.8) is 0 Å². The third-order valence-corrected chi connectivity index (χ3v) is 1.81. The summed E-state index contributed by atoms with van der Waals surface area (Å²) >= 11 is 0. The van der Waals surface area contributed by atoms with Crippen molar-refractivity contribution in [1.82, 2.24) is 0 Å². The predicted molar refractivity (Wildman–Crippen MR) is 46.5 cm³/mol. The van der Waals surface area contributed by atoms with Crippen LogP contribution in [0.1, 0.15) is 25.7 Å². The molecule has 7 nitrogen and oxygen atoms in total. The van der Waals surface area contributed by atoms with Gasteiger partial charge in [-0.2, -0.15) is 0 Å². The van der Waals surface area contributed by atoms with Crippen molar-refractivity contribution in [1.29, 1.82) is 0 Å². The summed E-state index contributed by atoms with van der Waals surface area (Å²) in [7, 11) is 0. The zero-order chi connectivity index (χ0) is 12.7. The molecule has 0 aliphatic carbocycles. The van der Waals surface area contributed by atoms with Crippen molar-refractivity contribution >= 4 is 23.5 Å². The summed E-state index contributed by atoms with van der Waals surface area (Å²) in [4.78, 5) is 42.0. The number of carbonyl (C=O) groups excluding carboxylic acids is 4. The Labute approximate surface area is 148 Å². The molecule has 0 heterocycles. The van der Waals surface area contributed by atoms with Crippen molar-refractivity contribution in [3.8, 4) is 0 Å². The molecule has 18 heavy (non-hydrogen) atoms. The number of Topliss-reactive ketones (excluding diaryl/α,β-unsaturated/α-hetero) is 2. The van der Waals surface area contributed by atoms with Gasteiger partial charge in [0.2, 0.25) is 0 Å². The summed E-state index contributed by atoms with van der Waals surface area (Å²) in [5.41, 5.74) is 5.29. The number of carboxylic acid groups (broad SMARTS) is 2. The summed E-state index contributed by atoms with van der Waals surface area (Å²) in [5.74, 6) is -4.40. The molecular weight excluding hydrogens is 264 g/mol. The van der Waals surface area contributed by atoms with E-state index in [1.165, 1.54) is 0 Å². The van der Waals surface area contributed by atoms with Gasteiger partial charge in [-0.25, -0.2) is 0 Å². The fourth-order valence-corrected chi connectivity index (χ4v) is 1.00. The van der Waals surface area contributed by atoms with Crippen molar-refractivity contribution in [2.75, 3.05) is 0 Å². The first-order valence-electron chi connectivity index (χ1n) is 4.52. The summed E-state index contributed by atoms with van der Waals surface area (Å²) in [6.45, 7) is 0. The van der Waals surface area contributed by atoms with E-state index in [1.807, 2.05) is 0 Å². The van der Waals surface area contributed by atoms with Crippen LogP contribution in [0.25, 0.3) is 0 Å². The maximum absolute atomic E-state index is 11.0. The first-order chi connectivity index (χ1) is 7.32. The van der Waals surface area contributed by atoms with E-state index in [2.05, 4.69) is 0 Å².